The number of hydrogen-bond donors (Lipinski definition) is 1. The van der Waals surface area contributed by atoms with E-state index in [-0.39, 0.29) is 16.7 Å². The first kappa shape index (κ1) is 15.4. The second-order valence-electron chi connectivity index (χ2n) is 4.60. The molecule has 1 atom stereocenters. The Labute approximate surface area is 128 Å². The molecule has 0 aliphatic heterocycles. The number of aryl methyl sites for hydroxylation is 1. The fraction of sp³-hybridized carbons (Fsp3) is 0.250. The molecule has 110 valence electrons. The Morgan fingerprint density at radius 2 is 1.95 bits per heavy atom. The van der Waals surface area contributed by atoms with Gasteiger partial charge in [0.15, 0.2) is 0 Å². The zero-order valence-corrected chi connectivity index (χ0v) is 12.9. The summed E-state index contributed by atoms with van der Waals surface area (Å²) >= 11 is 1.50. The highest BCUT2D eigenvalue weighted by Crippen LogP contribution is 2.23. The van der Waals surface area contributed by atoms with Crippen molar-refractivity contribution in [2.45, 2.75) is 30.5 Å². The molecule has 0 radical (unpaired) electrons. The van der Waals surface area contributed by atoms with Crippen LogP contribution in [0.5, 0.6) is 0 Å². The van der Waals surface area contributed by atoms with Gasteiger partial charge in [0.1, 0.15) is 0 Å². The number of nitrogens with zero attached hydrogens (tertiary/aromatic N) is 1. The Morgan fingerprint density at radius 1 is 1.24 bits per heavy atom. The zero-order valence-electron chi connectivity index (χ0n) is 12.1. The molecule has 0 bridgehead atoms. The number of hydrogen-bond acceptors (Lipinski definition) is 3. The average Bonchev–Trinajstić information content (AvgIpc) is 2.50. The first-order valence-electron chi connectivity index (χ1n) is 6.83. The van der Waals surface area contributed by atoms with Crippen molar-refractivity contribution in [1.82, 2.24) is 4.57 Å². The Morgan fingerprint density at radius 3 is 2.62 bits per heavy atom. The molecule has 4 nitrogen and oxygen atoms in total. The molecule has 0 aliphatic rings. The molecular weight excluding hydrogens is 284 g/mol. The van der Waals surface area contributed by atoms with Gasteiger partial charge in [-0.25, -0.2) is 0 Å². The van der Waals surface area contributed by atoms with Crippen molar-refractivity contribution in [3.05, 3.63) is 59.0 Å². The summed E-state index contributed by atoms with van der Waals surface area (Å²) in [6, 6.07) is 12.9. The minimum Gasteiger partial charge on any atom is -0.324 e. The second kappa shape index (κ2) is 7.13. The molecule has 1 aromatic heterocycles. The van der Waals surface area contributed by atoms with Crippen molar-refractivity contribution in [3.8, 4) is 0 Å². The predicted molar refractivity (Wildman–Crippen MR) is 86.8 cm³/mol. The molecule has 1 amide bonds. The highest BCUT2D eigenvalue weighted by atomic mass is 32.2. The number of rotatable bonds is 5. The van der Waals surface area contributed by atoms with Crippen LogP contribution in [0.15, 0.2) is 58.4 Å². The van der Waals surface area contributed by atoms with Gasteiger partial charge in [-0.3, -0.25) is 9.59 Å². The van der Waals surface area contributed by atoms with Crippen molar-refractivity contribution in [3.63, 3.8) is 0 Å². The van der Waals surface area contributed by atoms with Crippen LogP contribution in [0, 0.1) is 0 Å². The van der Waals surface area contributed by atoms with Gasteiger partial charge in [-0.2, -0.15) is 0 Å². The normalized spacial score (nSPS) is 11.9. The number of carbonyl (C=O) groups excluding carboxylic acids is 1. The maximum absolute atomic E-state index is 12.2. The van der Waals surface area contributed by atoms with Crippen LogP contribution in [-0.2, 0) is 11.3 Å². The molecule has 0 fully saturated rings. The molecule has 5 heteroatoms. The topological polar surface area (TPSA) is 51.1 Å². The second-order valence-corrected chi connectivity index (χ2v) is 6.02. The third kappa shape index (κ3) is 4.23. The number of nitrogens with one attached hydrogen (secondary N) is 1. The summed E-state index contributed by atoms with van der Waals surface area (Å²) in [6.45, 7) is 4.33. The van der Waals surface area contributed by atoms with Crippen LogP contribution in [-0.4, -0.2) is 15.7 Å². The van der Waals surface area contributed by atoms with Crippen LogP contribution in [0.4, 0.5) is 5.69 Å². The molecule has 0 aliphatic carbocycles. The van der Waals surface area contributed by atoms with E-state index >= 15 is 0 Å². The van der Waals surface area contributed by atoms with E-state index in [1.54, 1.807) is 16.8 Å². The van der Waals surface area contributed by atoms with Crippen LogP contribution >= 0.6 is 11.8 Å². The highest BCUT2D eigenvalue weighted by molar-refractivity contribution is 8.00. The maximum atomic E-state index is 12.2. The van der Waals surface area contributed by atoms with Crippen molar-refractivity contribution in [2.24, 2.45) is 0 Å². The summed E-state index contributed by atoms with van der Waals surface area (Å²) < 4.78 is 1.56. The summed E-state index contributed by atoms with van der Waals surface area (Å²) in [5.41, 5.74) is 0.573. The minimum atomic E-state index is -0.214. The fourth-order valence-corrected chi connectivity index (χ4v) is 2.74. The largest absolute Gasteiger partial charge is 0.324 e. The summed E-state index contributed by atoms with van der Waals surface area (Å²) in [7, 11) is 0. The number of carbonyl (C=O) groups is 1. The van der Waals surface area contributed by atoms with Crippen molar-refractivity contribution < 1.29 is 4.79 Å². The summed E-state index contributed by atoms with van der Waals surface area (Å²) in [5, 5.41) is 2.63. The van der Waals surface area contributed by atoms with Crippen molar-refractivity contribution in [1.29, 1.82) is 0 Å². The van der Waals surface area contributed by atoms with E-state index in [4.69, 9.17) is 0 Å². The summed E-state index contributed by atoms with van der Waals surface area (Å²) in [4.78, 5) is 24.7. The van der Waals surface area contributed by atoms with E-state index in [1.165, 1.54) is 17.8 Å². The van der Waals surface area contributed by atoms with E-state index in [2.05, 4.69) is 5.32 Å². The number of benzene rings is 1. The SMILES string of the molecule is CCn1cc(NC(=O)C(C)Sc2ccccc2)ccc1=O. The van der Waals surface area contributed by atoms with Crippen molar-refractivity contribution in [2.75, 3.05) is 5.32 Å². The molecular formula is C16H18N2O2S. The molecule has 1 unspecified atom stereocenters. The van der Waals surface area contributed by atoms with Gasteiger partial charge in [-0.15, -0.1) is 11.8 Å². The minimum absolute atomic E-state index is 0.0674. The van der Waals surface area contributed by atoms with Gasteiger partial charge >= 0.3 is 0 Å². The lowest BCUT2D eigenvalue weighted by molar-refractivity contribution is -0.115. The van der Waals surface area contributed by atoms with E-state index in [9.17, 15) is 9.59 Å². The van der Waals surface area contributed by atoms with E-state index in [0.717, 1.165) is 4.90 Å². The Balaban J connectivity index is 2.02. The first-order chi connectivity index (χ1) is 10.1. The molecule has 0 spiro atoms. The fourth-order valence-electron chi connectivity index (χ4n) is 1.85. The number of anilines is 1. The average molecular weight is 302 g/mol. The van der Waals surface area contributed by atoms with Crippen LogP contribution < -0.4 is 10.9 Å². The Hall–Kier alpha value is -2.01. The van der Waals surface area contributed by atoms with Gasteiger partial charge in [0, 0.05) is 23.7 Å². The monoisotopic (exact) mass is 302 g/mol. The van der Waals surface area contributed by atoms with Gasteiger partial charge in [0.25, 0.3) is 5.56 Å². The van der Waals surface area contributed by atoms with Crippen LogP contribution in [0.3, 0.4) is 0 Å². The van der Waals surface area contributed by atoms with Gasteiger partial charge < -0.3 is 9.88 Å². The van der Waals surface area contributed by atoms with Crippen LogP contribution in [0.1, 0.15) is 13.8 Å². The molecule has 2 rings (SSSR count). The Kier molecular flexibility index (Phi) is 5.22. The molecule has 1 aromatic carbocycles. The number of amides is 1. The zero-order chi connectivity index (χ0) is 15.2. The standard InChI is InChI=1S/C16H18N2O2S/c1-3-18-11-13(9-10-15(18)19)17-16(20)12(2)21-14-7-5-4-6-8-14/h4-12H,3H2,1-2H3,(H,17,20). The molecule has 0 saturated carbocycles. The lowest BCUT2D eigenvalue weighted by Gasteiger charge is -2.13. The quantitative estimate of drug-likeness (QED) is 0.864. The summed E-state index contributed by atoms with van der Waals surface area (Å²) in [5.74, 6) is -0.0786. The molecule has 2 aromatic rings. The lowest BCUT2D eigenvalue weighted by Crippen LogP contribution is -2.24. The van der Waals surface area contributed by atoms with Gasteiger partial charge in [-0.1, -0.05) is 18.2 Å². The van der Waals surface area contributed by atoms with Crippen molar-refractivity contribution >= 4 is 23.4 Å². The number of thioether (sulfide) groups is 1. The van der Waals surface area contributed by atoms with Gasteiger partial charge in [-0.05, 0) is 32.0 Å². The Bertz CT molecular complexity index is 667. The highest BCUT2D eigenvalue weighted by Gasteiger charge is 2.14. The van der Waals surface area contributed by atoms with Gasteiger partial charge in [0.2, 0.25) is 5.91 Å². The van der Waals surface area contributed by atoms with E-state index < -0.39 is 0 Å². The third-order valence-corrected chi connectivity index (χ3v) is 4.13. The van der Waals surface area contributed by atoms with Crippen LogP contribution in [0.25, 0.3) is 0 Å². The predicted octanol–water partition coefficient (Wildman–Crippen LogP) is 2.99. The van der Waals surface area contributed by atoms with E-state index in [1.807, 2.05) is 44.2 Å². The molecule has 1 N–H and O–H groups in total. The summed E-state index contributed by atoms with van der Waals surface area (Å²) in [6.07, 6.45) is 1.67. The maximum Gasteiger partial charge on any atom is 0.250 e. The smallest absolute Gasteiger partial charge is 0.250 e. The van der Waals surface area contributed by atoms with E-state index in [0.29, 0.717) is 12.2 Å². The molecule has 0 saturated heterocycles. The number of pyridine rings is 1. The van der Waals surface area contributed by atoms with Gasteiger partial charge in [0.05, 0.1) is 10.9 Å². The first-order valence-corrected chi connectivity index (χ1v) is 7.71. The molecule has 1 heterocycles. The number of aromatic nitrogens is 1. The third-order valence-electron chi connectivity index (χ3n) is 3.02. The lowest BCUT2D eigenvalue weighted by atomic mass is 10.3. The molecule has 21 heavy (non-hydrogen) atoms. The van der Waals surface area contributed by atoms with Crippen LogP contribution in [0.2, 0.25) is 0 Å².